The van der Waals surface area contributed by atoms with Crippen molar-refractivity contribution in [3.05, 3.63) is 28.2 Å². The van der Waals surface area contributed by atoms with E-state index in [-0.39, 0.29) is 12.5 Å². The molecule has 116 valence electrons. The SMILES string of the molecule is CCCOc1ccc(Br)cc1C(=O)N(C)CC(=O)OCC. The van der Waals surface area contributed by atoms with E-state index in [9.17, 15) is 9.59 Å². The zero-order valence-corrected chi connectivity index (χ0v) is 14.1. The fourth-order valence-corrected chi connectivity index (χ4v) is 2.05. The van der Waals surface area contributed by atoms with Crippen LogP contribution in [0.5, 0.6) is 5.75 Å². The molecule has 0 aliphatic carbocycles. The largest absolute Gasteiger partial charge is 0.493 e. The summed E-state index contributed by atoms with van der Waals surface area (Å²) in [6.45, 7) is 4.45. The predicted molar refractivity (Wildman–Crippen MR) is 83.5 cm³/mol. The topological polar surface area (TPSA) is 55.8 Å². The lowest BCUT2D eigenvalue weighted by molar-refractivity contribution is -0.143. The van der Waals surface area contributed by atoms with Crippen molar-refractivity contribution >= 4 is 27.8 Å². The second kappa shape index (κ2) is 8.67. The van der Waals surface area contributed by atoms with Gasteiger partial charge in [0.05, 0.1) is 18.8 Å². The average Bonchev–Trinajstić information content (AvgIpc) is 2.45. The van der Waals surface area contributed by atoms with Crippen molar-refractivity contribution in [1.29, 1.82) is 0 Å². The Labute approximate surface area is 133 Å². The molecule has 0 atom stereocenters. The highest BCUT2D eigenvalue weighted by atomic mass is 79.9. The summed E-state index contributed by atoms with van der Waals surface area (Å²) in [7, 11) is 1.56. The Morgan fingerprint density at radius 2 is 2.00 bits per heavy atom. The summed E-state index contributed by atoms with van der Waals surface area (Å²) < 4.78 is 11.2. The molecular formula is C15H20BrNO4. The van der Waals surface area contributed by atoms with E-state index in [0.29, 0.717) is 24.5 Å². The molecule has 0 aliphatic rings. The fourth-order valence-electron chi connectivity index (χ4n) is 1.68. The maximum absolute atomic E-state index is 12.4. The highest BCUT2D eigenvalue weighted by molar-refractivity contribution is 9.10. The standard InChI is InChI=1S/C15H20BrNO4/c1-4-8-21-13-7-6-11(16)9-12(13)15(19)17(3)10-14(18)20-5-2/h6-7,9H,4-5,8,10H2,1-3H3. The lowest BCUT2D eigenvalue weighted by atomic mass is 10.1. The highest BCUT2D eigenvalue weighted by Crippen LogP contribution is 2.24. The monoisotopic (exact) mass is 357 g/mol. The molecule has 21 heavy (non-hydrogen) atoms. The third kappa shape index (κ3) is 5.38. The molecule has 0 unspecified atom stereocenters. The molecule has 0 bridgehead atoms. The van der Waals surface area contributed by atoms with Gasteiger partial charge in [0.15, 0.2) is 0 Å². The number of carbonyl (C=O) groups is 2. The molecule has 0 radical (unpaired) electrons. The number of ether oxygens (including phenoxy) is 2. The number of esters is 1. The van der Waals surface area contributed by atoms with Crippen molar-refractivity contribution in [3.8, 4) is 5.75 Å². The van der Waals surface area contributed by atoms with Crippen molar-refractivity contribution in [1.82, 2.24) is 4.90 Å². The normalized spacial score (nSPS) is 10.1. The van der Waals surface area contributed by atoms with Gasteiger partial charge in [0.1, 0.15) is 12.3 Å². The maximum atomic E-state index is 12.4. The third-order valence-electron chi connectivity index (χ3n) is 2.65. The molecule has 0 saturated carbocycles. The Bertz CT molecular complexity index is 504. The molecule has 1 aromatic carbocycles. The van der Waals surface area contributed by atoms with E-state index in [4.69, 9.17) is 9.47 Å². The van der Waals surface area contributed by atoms with Crippen molar-refractivity contribution < 1.29 is 19.1 Å². The van der Waals surface area contributed by atoms with E-state index < -0.39 is 5.97 Å². The lowest BCUT2D eigenvalue weighted by Gasteiger charge is -2.18. The number of hydrogen-bond acceptors (Lipinski definition) is 4. The minimum absolute atomic E-state index is 0.0909. The molecule has 0 saturated heterocycles. The molecule has 1 rings (SSSR count). The summed E-state index contributed by atoms with van der Waals surface area (Å²) in [5.74, 6) is -0.199. The van der Waals surface area contributed by atoms with E-state index in [0.717, 1.165) is 10.9 Å². The highest BCUT2D eigenvalue weighted by Gasteiger charge is 2.19. The average molecular weight is 358 g/mol. The van der Waals surface area contributed by atoms with E-state index in [2.05, 4.69) is 15.9 Å². The van der Waals surface area contributed by atoms with Crippen LogP contribution < -0.4 is 4.74 Å². The molecule has 6 heteroatoms. The van der Waals surface area contributed by atoms with Crippen molar-refractivity contribution in [2.45, 2.75) is 20.3 Å². The number of amides is 1. The summed E-state index contributed by atoms with van der Waals surface area (Å²) in [4.78, 5) is 25.2. The Hall–Kier alpha value is -1.56. The Morgan fingerprint density at radius 1 is 1.29 bits per heavy atom. The summed E-state index contributed by atoms with van der Waals surface area (Å²) in [5.41, 5.74) is 0.421. The zero-order valence-electron chi connectivity index (χ0n) is 12.5. The smallest absolute Gasteiger partial charge is 0.325 e. The minimum atomic E-state index is -0.431. The van der Waals surface area contributed by atoms with E-state index in [1.807, 2.05) is 13.0 Å². The van der Waals surface area contributed by atoms with E-state index >= 15 is 0 Å². The first-order valence-corrected chi connectivity index (χ1v) is 7.62. The minimum Gasteiger partial charge on any atom is -0.493 e. The van der Waals surface area contributed by atoms with Gasteiger partial charge in [-0.05, 0) is 31.5 Å². The number of halogens is 1. The number of likely N-dealkylation sites (N-methyl/N-ethyl adjacent to an activating group) is 1. The van der Waals surface area contributed by atoms with E-state index in [1.165, 1.54) is 4.90 Å². The maximum Gasteiger partial charge on any atom is 0.325 e. The van der Waals surface area contributed by atoms with Gasteiger partial charge < -0.3 is 14.4 Å². The number of benzene rings is 1. The quantitative estimate of drug-likeness (QED) is 0.704. The van der Waals surface area contributed by atoms with Crippen LogP contribution in [0.3, 0.4) is 0 Å². The Kier molecular flexibility index (Phi) is 7.22. The van der Waals surface area contributed by atoms with Gasteiger partial charge in [0.25, 0.3) is 5.91 Å². The van der Waals surface area contributed by atoms with Gasteiger partial charge in [-0.2, -0.15) is 0 Å². The first kappa shape index (κ1) is 17.5. The molecular weight excluding hydrogens is 338 g/mol. The van der Waals surface area contributed by atoms with Crippen LogP contribution in [-0.2, 0) is 9.53 Å². The van der Waals surface area contributed by atoms with Crippen molar-refractivity contribution in [2.75, 3.05) is 26.8 Å². The predicted octanol–water partition coefficient (Wildman–Crippen LogP) is 2.87. The van der Waals surface area contributed by atoms with Crippen molar-refractivity contribution in [2.24, 2.45) is 0 Å². The van der Waals surface area contributed by atoms with Crippen LogP contribution in [0.4, 0.5) is 0 Å². The molecule has 0 fully saturated rings. The van der Waals surface area contributed by atoms with Crippen molar-refractivity contribution in [3.63, 3.8) is 0 Å². The molecule has 0 aromatic heterocycles. The zero-order chi connectivity index (χ0) is 15.8. The van der Waals surface area contributed by atoms with Crippen LogP contribution in [-0.4, -0.2) is 43.6 Å². The van der Waals surface area contributed by atoms with Gasteiger partial charge >= 0.3 is 5.97 Å². The van der Waals surface area contributed by atoms with Crippen LogP contribution in [0, 0.1) is 0 Å². The van der Waals surface area contributed by atoms with Gasteiger partial charge in [-0.3, -0.25) is 9.59 Å². The molecule has 0 heterocycles. The summed E-state index contributed by atoms with van der Waals surface area (Å²) in [5, 5.41) is 0. The van der Waals surface area contributed by atoms with Crippen LogP contribution >= 0.6 is 15.9 Å². The number of rotatable bonds is 7. The van der Waals surface area contributed by atoms with Gasteiger partial charge in [0.2, 0.25) is 0 Å². The fraction of sp³-hybridized carbons (Fsp3) is 0.467. The molecule has 0 spiro atoms. The molecule has 1 aromatic rings. The number of carbonyl (C=O) groups excluding carboxylic acids is 2. The summed E-state index contributed by atoms with van der Waals surface area (Å²) in [6.07, 6.45) is 0.850. The molecule has 0 N–H and O–H groups in total. The van der Waals surface area contributed by atoms with Crippen LogP contribution in [0.2, 0.25) is 0 Å². The van der Waals surface area contributed by atoms with Crippen LogP contribution in [0.25, 0.3) is 0 Å². The third-order valence-corrected chi connectivity index (χ3v) is 3.15. The first-order valence-electron chi connectivity index (χ1n) is 6.83. The lowest BCUT2D eigenvalue weighted by Crippen LogP contribution is -2.33. The number of nitrogens with zero attached hydrogens (tertiary/aromatic N) is 1. The Balaban J connectivity index is 2.89. The Morgan fingerprint density at radius 3 is 2.62 bits per heavy atom. The van der Waals surface area contributed by atoms with Gasteiger partial charge in [0, 0.05) is 11.5 Å². The van der Waals surface area contributed by atoms with Crippen LogP contribution in [0.15, 0.2) is 22.7 Å². The summed E-state index contributed by atoms with van der Waals surface area (Å²) >= 11 is 3.34. The summed E-state index contributed by atoms with van der Waals surface area (Å²) in [6, 6.07) is 5.24. The van der Waals surface area contributed by atoms with E-state index in [1.54, 1.807) is 26.1 Å². The number of hydrogen-bond donors (Lipinski definition) is 0. The molecule has 5 nitrogen and oxygen atoms in total. The van der Waals surface area contributed by atoms with Crippen LogP contribution in [0.1, 0.15) is 30.6 Å². The van der Waals surface area contributed by atoms with Gasteiger partial charge in [-0.25, -0.2) is 0 Å². The second-order valence-corrected chi connectivity index (χ2v) is 5.37. The van der Waals surface area contributed by atoms with Gasteiger partial charge in [-0.1, -0.05) is 22.9 Å². The second-order valence-electron chi connectivity index (χ2n) is 4.46. The molecule has 1 amide bonds. The van der Waals surface area contributed by atoms with Gasteiger partial charge in [-0.15, -0.1) is 0 Å². The first-order chi connectivity index (χ1) is 9.99. The molecule has 0 aliphatic heterocycles.